The van der Waals surface area contributed by atoms with Gasteiger partial charge in [-0.2, -0.15) is 0 Å². The van der Waals surface area contributed by atoms with Crippen LogP contribution in [-0.2, 0) is 0 Å². The van der Waals surface area contributed by atoms with Gasteiger partial charge in [0, 0.05) is 12.5 Å². The van der Waals surface area contributed by atoms with Crippen LogP contribution in [0.1, 0.15) is 33.5 Å². The third-order valence-electron chi connectivity index (χ3n) is 2.27. The molecule has 92 valence electrons. The summed E-state index contributed by atoms with van der Waals surface area (Å²) in [6.07, 6.45) is 0. The number of nitrogens with zero attached hydrogens (tertiary/aromatic N) is 3. The molecule has 0 spiro atoms. The molecule has 1 aromatic heterocycles. The highest BCUT2D eigenvalue weighted by molar-refractivity contribution is 8.12. The van der Waals surface area contributed by atoms with Gasteiger partial charge in [-0.15, -0.1) is 14.4 Å². The lowest BCUT2D eigenvalue weighted by Crippen LogP contribution is -2.02. The molecule has 0 fully saturated rings. The van der Waals surface area contributed by atoms with E-state index in [0.29, 0.717) is 17.0 Å². The van der Waals surface area contributed by atoms with Crippen LogP contribution in [0.15, 0.2) is 30.3 Å². The number of hydrogen-bond acceptors (Lipinski definition) is 5. The van der Waals surface area contributed by atoms with E-state index < -0.39 is 0 Å². The molecular formula is C12H11N3O2S. The molecule has 0 aliphatic heterocycles. The Bertz CT molecular complexity index is 593. The molecule has 0 atom stereocenters. The van der Waals surface area contributed by atoms with Crippen LogP contribution in [-0.4, -0.2) is 25.3 Å². The second kappa shape index (κ2) is 5.14. The van der Waals surface area contributed by atoms with E-state index in [1.165, 1.54) is 11.1 Å². The van der Waals surface area contributed by atoms with Gasteiger partial charge in [-0.25, -0.2) is 0 Å². The Balaban J connectivity index is 2.18. The predicted molar refractivity (Wildman–Crippen MR) is 68.5 cm³/mol. The first-order valence-corrected chi connectivity index (χ1v) is 6.08. The maximum Gasteiger partial charge on any atom is 0.243 e. The molecule has 0 radical (unpaired) electrons. The van der Waals surface area contributed by atoms with Gasteiger partial charge < -0.3 is 0 Å². The summed E-state index contributed by atoms with van der Waals surface area (Å²) >= 11 is 0.852. The molecule has 2 rings (SSSR count). The zero-order valence-corrected chi connectivity index (χ0v) is 10.8. The first kappa shape index (κ1) is 12.5. The Hall–Kier alpha value is -1.95. The average molecular weight is 261 g/mol. The van der Waals surface area contributed by atoms with Gasteiger partial charge in [-0.1, -0.05) is 30.3 Å². The number of rotatable bonds is 3. The van der Waals surface area contributed by atoms with Gasteiger partial charge in [-0.05, 0) is 6.92 Å². The molecule has 2 aromatic rings. The van der Waals surface area contributed by atoms with E-state index in [2.05, 4.69) is 10.2 Å². The Morgan fingerprint density at radius 1 is 1.17 bits per heavy atom. The van der Waals surface area contributed by atoms with Crippen LogP contribution >= 0.6 is 11.9 Å². The quantitative estimate of drug-likeness (QED) is 0.792. The molecule has 6 heteroatoms. The lowest BCUT2D eigenvalue weighted by Gasteiger charge is -1.97. The van der Waals surface area contributed by atoms with Crippen molar-refractivity contribution in [2.24, 2.45) is 0 Å². The minimum Gasteiger partial charge on any atom is -0.293 e. The van der Waals surface area contributed by atoms with E-state index in [1.54, 1.807) is 31.2 Å². The zero-order valence-electron chi connectivity index (χ0n) is 9.95. The summed E-state index contributed by atoms with van der Waals surface area (Å²) in [4.78, 5) is 23.1. The molecule has 18 heavy (non-hydrogen) atoms. The van der Waals surface area contributed by atoms with Crippen LogP contribution in [0, 0.1) is 6.92 Å². The number of carbonyl (C=O) groups is 2. The Morgan fingerprint density at radius 3 is 2.39 bits per heavy atom. The van der Waals surface area contributed by atoms with Crippen molar-refractivity contribution in [3.05, 3.63) is 47.3 Å². The number of carbonyl (C=O) groups excluding carboxylic acids is 2. The maximum atomic E-state index is 11.9. The van der Waals surface area contributed by atoms with E-state index in [4.69, 9.17) is 0 Å². The summed E-state index contributed by atoms with van der Waals surface area (Å²) in [5.74, 6) is -0.161. The topological polar surface area (TPSA) is 64.8 Å². The first-order chi connectivity index (χ1) is 8.58. The van der Waals surface area contributed by atoms with Crippen LogP contribution in [0.25, 0.3) is 0 Å². The minimum absolute atomic E-state index is 0.161. The largest absolute Gasteiger partial charge is 0.293 e. The molecule has 0 saturated carbocycles. The highest BCUT2D eigenvalue weighted by Crippen LogP contribution is 2.14. The number of hydrogen-bond donors (Lipinski definition) is 0. The molecule has 0 aliphatic rings. The molecule has 0 saturated heterocycles. The van der Waals surface area contributed by atoms with Crippen molar-refractivity contribution < 1.29 is 9.59 Å². The van der Waals surface area contributed by atoms with Gasteiger partial charge in [-0.3, -0.25) is 9.59 Å². The minimum atomic E-state index is -0.166. The molecule has 0 bridgehead atoms. The standard InChI is InChI=1S/C12H11N3O2S/c1-8-11(9(2)16)14-15(13-8)18-12(17)10-6-4-3-5-7-10/h3-7H,1-2H3. The zero-order chi connectivity index (χ0) is 13.1. The highest BCUT2D eigenvalue weighted by atomic mass is 32.2. The number of ketones is 1. The third-order valence-corrected chi connectivity index (χ3v) is 3.00. The Morgan fingerprint density at radius 2 is 1.83 bits per heavy atom. The Labute approximate surface area is 108 Å². The SMILES string of the molecule is CC(=O)c1nn(SC(=O)c2ccccc2)nc1C. The van der Waals surface area contributed by atoms with E-state index in [0.717, 1.165) is 11.9 Å². The molecule has 1 aromatic carbocycles. The van der Waals surface area contributed by atoms with Crippen LogP contribution in [0.4, 0.5) is 0 Å². The van der Waals surface area contributed by atoms with Gasteiger partial charge in [0.25, 0.3) is 0 Å². The van der Waals surface area contributed by atoms with Crippen molar-refractivity contribution in [3.8, 4) is 0 Å². The fraction of sp³-hybridized carbons (Fsp3) is 0.167. The third kappa shape index (κ3) is 2.65. The molecule has 1 heterocycles. The van der Waals surface area contributed by atoms with Gasteiger partial charge in [0.2, 0.25) is 5.12 Å². The van der Waals surface area contributed by atoms with Crippen LogP contribution in [0.3, 0.4) is 0 Å². The monoisotopic (exact) mass is 261 g/mol. The van der Waals surface area contributed by atoms with Crippen LogP contribution in [0.5, 0.6) is 0 Å². The van der Waals surface area contributed by atoms with Gasteiger partial charge in [0.15, 0.2) is 11.5 Å². The van der Waals surface area contributed by atoms with E-state index in [-0.39, 0.29) is 10.9 Å². The molecule has 0 unspecified atom stereocenters. The van der Waals surface area contributed by atoms with Crippen molar-refractivity contribution in [2.45, 2.75) is 13.8 Å². The van der Waals surface area contributed by atoms with Gasteiger partial charge >= 0.3 is 0 Å². The molecule has 0 amide bonds. The summed E-state index contributed by atoms with van der Waals surface area (Å²) in [6, 6.07) is 8.86. The number of Topliss-reactive ketones (excluding diaryl/α,β-unsaturated/α-hetero) is 1. The van der Waals surface area contributed by atoms with Crippen molar-refractivity contribution in [1.29, 1.82) is 0 Å². The Kier molecular flexibility index (Phi) is 3.57. The summed E-state index contributed by atoms with van der Waals surface area (Å²) in [5, 5.41) is 7.83. The lowest BCUT2D eigenvalue weighted by atomic mass is 10.2. The van der Waals surface area contributed by atoms with Gasteiger partial charge in [0.1, 0.15) is 0 Å². The van der Waals surface area contributed by atoms with Gasteiger partial charge in [0.05, 0.1) is 17.6 Å². The molecule has 0 aliphatic carbocycles. The summed E-state index contributed by atoms with van der Waals surface area (Å²) in [5.41, 5.74) is 1.39. The second-order valence-electron chi connectivity index (χ2n) is 3.69. The second-order valence-corrected chi connectivity index (χ2v) is 4.57. The molecular weight excluding hydrogens is 250 g/mol. The average Bonchev–Trinajstić information content (AvgIpc) is 2.71. The van der Waals surface area contributed by atoms with Crippen molar-refractivity contribution >= 4 is 22.8 Å². The molecule has 5 nitrogen and oxygen atoms in total. The maximum absolute atomic E-state index is 11.9. The van der Waals surface area contributed by atoms with E-state index >= 15 is 0 Å². The predicted octanol–water partition coefficient (Wildman–Crippen LogP) is 2.13. The summed E-state index contributed by atoms with van der Waals surface area (Å²) < 4.78 is 1.18. The normalized spacial score (nSPS) is 10.3. The fourth-order valence-corrected chi connectivity index (χ4v) is 2.10. The fourth-order valence-electron chi connectivity index (χ4n) is 1.42. The van der Waals surface area contributed by atoms with Crippen LogP contribution < -0.4 is 0 Å². The highest BCUT2D eigenvalue weighted by Gasteiger charge is 2.14. The lowest BCUT2D eigenvalue weighted by molar-refractivity contribution is 0.101. The van der Waals surface area contributed by atoms with Crippen LogP contribution in [0.2, 0.25) is 0 Å². The van der Waals surface area contributed by atoms with E-state index in [9.17, 15) is 9.59 Å². The van der Waals surface area contributed by atoms with Crippen molar-refractivity contribution in [1.82, 2.24) is 14.4 Å². The smallest absolute Gasteiger partial charge is 0.243 e. The number of aromatic nitrogens is 3. The van der Waals surface area contributed by atoms with Crippen molar-refractivity contribution in [2.75, 3.05) is 0 Å². The number of aryl methyl sites for hydroxylation is 1. The summed E-state index contributed by atoms with van der Waals surface area (Å²) in [7, 11) is 0. The summed E-state index contributed by atoms with van der Waals surface area (Å²) in [6.45, 7) is 3.11. The number of benzene rings is 1. The molecule has 0 N–H and O–H groups in total. The van der Waals surface area contributed by atoms with E-state index in [1.807, 2.05) is 6.07 Å². The van der Waals surface area contributed by atoms with Crippen molar-refractivity contribution in [3.63, 3.8) is 0 Å². The first-order valence-electron chi connectivity index (χ1n) is 5.30.